The van der Waals surface area contributed by atoms with Crippen molar-refractivity contribution in [3.8, 4) is 5.75 Å². The van der Waals surface area contributed by atoms with Crippen LogP contribution in [0.15, 0.2) is 36.4 Å². The third kappa shape index (κ3) is 3.11. The summed E-state index contributed by atoms with van der Waals surface area (Å²) in [6.45, 7) is 5.86. The molecule has 3 rings (SSSR count). The number of aromatic nitrogens is 1. The van der Waals surface area contributed by atoms with Crippen molar-refractivity contribution >= 4 is 11.7 Å². The number of nitrogens with one attached hydrogen (secondary N) is 1. The van der Waals surface area contributed by atoms with Crippen LogP contribution in [0.4, 0.5) is 10.5 Å². The number of hydrogen-bond donors (Lipinski definition) is 1. The molecule has 1 atom stereocenters. The highest BCUT2D eigenvalue weighted by Gasteiger charge is 2.31. The second kappa shape index (κ2) is 6.99. The molecule has 1 aromatic carbocycles. The largest absolute Gasteiger partial charge is 0.497 e. The molecule has 2 heterocycles. The van der Waals surface area contributed by atoms with Gasteiger partial charge in [-0.05, 0) is 37.6 Å². The molecule has 1 aliphatic rings. The molecule has 0 saturated heterocycles. The molecule has 24 heavy (non-hydrogen) atoms. The van der Waals surface area contributed by atoms with E-state index < -0.39 is 0 Å². The topological polar surface area (TPSA) is 46.5 Å². The number of ether oxygens (including phenoxy) is 1. The van der Waals surface area contributed by atoms with Crippen LogP contribution in [-0.2, 0) is 6.54 Å². The van der Waals surface area contributed by atoms with Crippen molar-refractivity contribution in [1.82, 2.24) is 9.47 Å². The first-order valence-corrected chi connectivity index (χ1v) is 8.51. The smallest absolute Gasteiger partial charge is 0.322 e. The van der Waals surface area contributed by atoms with Crippen LogP contribution in [0.5, 0.6) is 5.75 Å². The zero-order chi connectivity index (χ0) is 17.1. The minimum absolute atomic E-state index is 0.0493. The Morgan fingerprint density at radius 3 is 2.88 bits per heavy atom. The van der Waals surface area contributed by atoms with Crippen molar-refractivity contribution in [2.24, 2.45) is 0 Å². The Bertz CT molecular complexity index is 723. The van der Waals surface area contributed by atoms with E-state index in [1.54, 1.807) is 7.11 Å². The van der Waals surface area contributed by atoms with Gasteiger partial charge >= 0.3 is 6.03 Å². The van der Waals surface area contributed by atoms with Gasteiger partial charge in [0.2, 0.25) is 0 Å². The van der Waals surface area contributed by atoms with Gasteiger partial charge in [-0.3, -0.25) is 0 Å². The first kappa shape index (κ1) is 16.4. The average molecular weight is 327 g/mol. The summed E-state index contributed by atoms with van der Waals surface area (Å²) in [5, 5.41) is 3.01. The number of methoxy groups -OCH3 is 1. The van der Waals surface area contributed by atoms with Crippen LogP contribution >= 0.6 is 0 Å². The Kier molecular flexibility index (Phi) is 4.79. The monoisotopic (exact) mass is 327 g/mol. The minimum Gasteiger partial charge on any atom is -0.497 e. The van der Waals surface area contributed by atoms with Crippen LogP contribution in [0.3, 0.4) is 0 Å². The second-order valence-corrected chi connectivity index (χ2v) is 6.21. The summed E-state index contributed by atoms with van der Waals surface area (Å²) in [5.74, 6) is 0.737. The molecule has 128 valence electrons. The molecule has 1 aliphatic heterocycles. The Morgan fingerprint density at radius 1 is 1.29 bits per heavy atom. The van der Waals surface area contributed by atoms with Gasteiger partial charge in [0, 0.05) is 36.2 Å². The summed E-state index contributed by atoms with van der Waals surface area (Å²) < 4.78 is 7.55. The highest BCUT2D eigenvalue weighted by Crippen LogP contribution is 2.32. The van der Waals surface area contributed by atoms with Gasteiger partial charge in [-0.2, -0.15) is 0 Å². The van der Waals surface area contributed by atoms with Gasteiger partial charge < -0.3 is 19.5 Å². The molecular weight excluding hydrogens is 302 g/mol. The van der Waals surface area contributed by atoms with Crippen LogP contribution < -0.4 is 10.1 Å². The molecule has 2 amide bonds. The van der Waals surface area contributed by atoms with Gasteiger partial charge in [-0.1, -0.05) is 19.4 Å². The zero-order valence-corrected chi connectivity index (χ0v) is 14.6. The number of fused-ring (bicyclic) bond motifs is 1. The number of nitrogens with zero attached hydrogens (tertiary/aromatic N) is 2. The summed E-state index contributed by atoms with van der Waals surface area (Å²) in [4.78, 5) is 14.8. The Hall–Kier alpha value is -2.43. The molecule has 0 bridgehead atoms. The van der Waals surface area contributed by atoms with Crippen LogP contribution in [0.1, 0.15) is 37.2 Å². The zero-order valence-electron chi connectivity index (χ0n) is 14.6. The first-order valence-electron chi connectivity index (χ1n) is 8.51. The van der Waals surface area contributed by atoms with Crippen LogP contribution in [0.2, 0.25) is 0 Å². The molecule has 0 spiro atoms. The van der Waals surface area contributed by atoms with Crippen molar-refractivity contribution in [2.45, 2.75) is 39.3 Å². The van der Waals surface area contributed by atoms with E-state index >= 15 is 0 Å². The third-order valence-corrected chi connectivity index (χ3v) is 4.66. The number of urea groups is 1. The lowest BCUT2D eigenvalue weighted by Gasteiger charge is -2.37. The Labute approximate surface area is 143 Å². The number of carbonyl (C=O) groups is 1. The maximum atomic E-state index is 12.8. The molecule has 1 N–H and O–H groups in total. The molecule has 2 aromatic rings. The fourth-order valence-electron chi connectivity index (χ4n) is 3.43. The van der Waals surface area contributed by atoms with Crippen molar-refractivity contribution in [2.75, 3.05) is 19.0 Å². The van der Waals surface area contributed by atoms with E-state index in [0.717, 1.165) is 37.4 Å². The van der Waals surface area contributed by atoms with Crippen molar-refractivity contribution in [3.05, 3.63) is 47.8 Å². The normalized spacial score (nSPS) is 16.6. The summed E-state index contributed by atoms with van der Waals surface area (Å²) in [6, 6.07) is 11.8. The van der Waals surface area contributed by atoms with Crippen LogP contribution in [-0.4, -0.2) is 29.2 Å². The molecule has 0 radical (unpaired) electrons. The molecule has 1 aromatic heterocycles. The summed E-state index contributed by atoms with van der Waals surface area (Å²) >= 11 is 0. The predicted molar refractivity (Wildman–Crippen MR) is 95.5 cm³/mol. The third-order valence-electron chi connectivity index (χ3n) is 4.66. The van der Waals surface area contributed by atoms with Crippen molar-refractivity contribution in [3.63, 3.8) is 0 Å². The van der Waals surface area contributed by atoms with E-state index in [1.807, 2.05) is 29.2 Å². The van der Waals surface area contributed by atoms with Gasteiger partial charge in [0.1, 0.15) is 5.75 Å². The van der Waals surface area contributed by atoms with Gasteiger partial charge in [0.25, 0.3) is 0 Å². The van der Waals surface area contributed by atoms with Crippen molar-refractivity contribution in [1.29, 1.82) is 0 Å². The molecule has 5 nitrogen and oxygen atoms in total. The Balaban J connectivity index is 1.80. The molecule has 0 saturated carbocycles. The van der Waals surface area contributed by atoms with E-state index in [9.17, 15) is 4.79 Å². The lowest BCUT2D eigenvalue weighted by atomic mass is 10.0. The summed E-state index contributed by atoms with van der Waals surface area (Å²) in [6.07, 6.45) is 2.01. The fourth-order valence-corrected chi connectivity index (χ4v) is 3.43. The summed E-state index contributed by atoms with van der Waals surface area (Å²) in [5.41, 5.74) is 3.26. The van der Waals surface area contributed by atoms with E-state index in [1.165, 1.54) is 11.4 Å². The fraction of sp³-hybridized carbons (Fsp3) is 0.421. The average Bonchev–Trinajstić information content (AvgIpc) is 2.97. The number of carbonyl (C=O) groups excluding carboxylic acids is 1. The number of hydrogen-bond acceptors (Lipinski definition) is 2. The minimum atomic E-state index is -0.0493. The molecular formula is C19H25N3O2. The van der Waals surface area contributed by atoms with Gasteiger partial charge in [0.15, 0.2) is 0 Å². The van der Waals surface area contributed by atoms with E-state index in [-0.39, 0.29) is 12.1 Å². The maximum Gasteiger partial charge on any atom is 0.322 e. The van der Waals surface area contributed by atoms with Gasteiger partial charge in [-0.25, -0.2) is 4.79 Å². The number of benzene rings is 1. The van der Waals surface area contributed by atoms with E-state index in [0.29, 0.717) is 0 Å². The molecule has 5 heteroatoms. The van der Waals surface area contributed by atoms with Gasteiger partial charge in [-0.15, -0.1) is 0 Å². The van der Waals surface area contributed by atoms with E-state index in [2.05, 4.69) is 35.9 Å². The van der Waals surface area contributed by atoms with Gasteiger partial charge in [0.05, 0.1) is 13.2 Å². The highest BCUT2D eigenvalue weighted by molar-refractivity contribution is 5.90. The van der Waals surface area contributed by atoms with Crippen LogP contribution in [0, 0.1) is 6.92 Å². The molecule has 0 aliphatic carbocycles. The number of rotatable bonds is 4. The SMILES string of the molecule is CCC[C@H]1c2ccc(C)n2CCN1C(=O)Nc1cccc(OC)c1. The van der Waals surface area contributed by atoms with E-state index in [4.69, 9.17) is 4.74 Å². The lowest BCUT2D eigenvalue weighted by Crippen LogP contribution is -2.44. The molecule has 0 fully saturated rings. The number of aryl methyl sites for hydroxylation is 1. The predicted octanol–water partition coefficient (Wildman–Crippen LogP) is 4.19. The maximum absolute atomic E-state index is 12.8. The highest BCUT2D eigenvalue weighted by atomic mass is 16.5. The molecule has 0 unspecified atom stereocenters. The van der Waals surface area contributed by atoms with Crippen molar-refractivity contribution < 1.29 is 9.53 Å². The second-order valence-electron chi connectivity index (χ2n) is 6.21. The first-order chi connectivity index (χ1) is 11.6. The standard InChI is InChI=1S/C19H25N3O2/c1-4-6-17-18-10-9-14(2)21(18)11-12-22(17)19(23)20-15-7-5-8-16(13-15)24-3/h5,7-10,13,17H,4,6,11-12H2,1-3H3,(H,20,23)/t17-/m0/s1. The number of anilines is 1. The summed E-state index contributed by atoms with van der Waals surface area (Å²) in [7, 11) is 1.62. The Morgan fingerprint density at radius 2 is 2.12 bits per heavy atom. The lowest BCUT2D eigenvalue weighted by molar-refractivity contribution is 0.162. The van der Waals surface area contributed by atoms with Crippen LogP contribution in [0.25, 0.3) is 0 Å². The number of amides is 2. The quantitative estimate of drug-likeness (QED) is 0.915.